The van der Waals surface area contributed by atoms with Crippen LogP contribution in [0, 0.1) is 31.6 Å². The van der Waals surface area contributed by atoms with Crippen LogP contribution in [-0.2, 0) is 19.2 Å². The predicted octanol–water partition coefficient (Wildman–Crippen LogP) is 4.33. The molecule has 6 atom stereocenters. The van der Waals surface area contributed by atoms with Gasteiger partial charge in [-0.15, -0.1) is 23.2 Å². The summed E-state index contributed by atoms with van der Waals surface area (Å²) in [7, 11) is 1.39. The third-order valence-electron chi connectivity index (χ3n) is 9.83. The Kier molecular flexibility index (Phi) is 5.83. The summed E-state index contributed by atoms with van der Waals surface area (Å²) in [6.45, 7) is 3.53. The van der Waals surface area contributed by atoms with Gasteiger partial charge >= 0.3 is 0 Å². The van der Waals surface area contributed by atoms with Crippen LogP contribution in [0.25, 0.3) is 0 Å². The number of fused-ring (bicyclic) bond motifs is 4. The van der Waals surface area contributed by atoms with Crippen LogP contribution >= 0.6 is 23.2 Å². The molecule has 4 amide bonds. The standard InChI is InChI=1S/C29H32Cl2N2O5/c1-14-11-16(12-15(2)23(14)34)22-18-9-10-19-21(25(36)33(24(19)35)17-7-5-4-6-8-17)20(18)13-28(30)26(37)32(3)27(38)29(22,28)31/h9,11-12,17,19-22,34H,4-8,10,13H2,1-3H3. The highest BCUT2D eigenvalue weighted by Crippen LogP contribution is 2.65. The number of halogens is 2. The van der Waals surface area contributed by atoms with E-state index in [4.69, 9.17) is 23.2 Å². The van der Waals surface area contributed by atoms with E-state index in [0.29, 0.717) is 23.1 Å². The van der Waals surface area contributed by atoms with Crippen molar-refractivity contribution in [3.63, 3.8) is 0 Å². The van der Waals surface area contributed by atoms with Crippen molar-refractivity contribution in [3.8, 4) is 5.75 Å². The molecule has 6 unspecified atom stereocenters. The molecule has 0 spiro atoms. The highest BCUT2D eigenvalue weighted by Gasteiger charge is 2.76. The van der Waals surface area contributed by atoms with Crippen LogP contribution in [0.4, 0.5) is 0 Å². The first-order chi connectivity index (χ1) is 17.9. The minimum absolute atomic E-state index is 0.00401. The molecule has 1 N–H and O–H groups in total. The van der Waals surface area contributed by atoms with Gasteiger partial charge in [0.1, 0.15) is 5.75 Å². The Morgan fingerprint density at radius 3 is 2.18 bits per heavy atom. The van der Waals surface area contributed by atoms with Gasteiger partial charge in [0.25, 0.3) is 11.8 Å². The summed E-state index contributed by atoms with van der Waals surface area (Å²) < 4.78 is 0. The van der Waals surface area contributed by atoms with E-state index in [9.17, 15) is 24.3 Å². The maximum absolute atomic E-state index is 14.0. The first-order valence-electron chi connectivity index (χ1n) is 13.5. The van der Waals surface area contributed by atoms with Crippen molar-refractivity contribution in [1.82, 2.24) is 9.80 Å². The van der Waals surface area contributed by atoms with Crippen LogP contribution in [0.5, 0.6) is 5.75 Å². The average Bonchev–Trinajstić information content (AvgIpc) is 3.22. The number of rotatable bonds is 2. The van der Waals surface area contributed by atoms with Crippen molar-refractivity contribution in [2.24, 2.45) is 17.8 Å². The van der Waals surface area contributed by atoms with Gasteiger partial charge in [-0.1, -0.05) is 43.0 Å². The van der Waals surface area contributed by atoms with Crippen LogP contribution in [0.3, 0.4) is 0 Å². The first-order valence-corrected chi connectivity index (χ1v) is 14.3. The van der Waals surface area contributed by atoms with E-state index in [1.54, 1.807) is 26.0 Å². The number of carbonyl (C=O) groups is 4. The van der Waals surface area contributed by atoms with E-state index in [1.165, 1.54) is 11.9 Å². The number of phenols is 1. The molecule has 7 nitrogen and oxygen atoms in total. The fourth-order valence-electron chi connectivity index (χ4n) is 8.00. The highest BCUT2D eigenvalue weighted by atomic mass is 35.5. The maximum atomic E-state index is 14.0. The molecule has 4 fully saturated rings. The van der Waals surface area contributed by atoms with Crippen molar-refractivity contribution in [3.05, 3.63) is 40.5 Å². The molecule has 1 aromatic rings. The summed E-state index contributed by atoms with van der Waals surface area (Å²) >= 11 is 14.4. The van der Waals surface area contributed by atoms with Crippen molar-refractivity contribution in [2.75, 3.05) is 7.05 Å². The molecule has 5 aliphatic rings. The number of imide groups is 2. The van der Waals surface area contributed by atoms with Crippen molar-refractivity contribution < 1.29 is 24.3 Å². The summed E-state index contributed by atoms with van der Waals surface area (Å²) in [6.07, 6.45) is 7.07. The number of allylic oxidation sites excluding steroid dienone is 2. The van der Waals surface area contributed by atoms with E-state index in [1.807, 2.05) is 6.08 Å². The summed E-state index contributed by atoms with van der Waals surface area (Å²) in [4.78, 5) is 53.7. The zero-order chi connectivity index (χ0) is 27.3. The smallest absolute Gasteiger partial charge is 0.253 e. The van der Waals surface area contributed by atoms with Crippen molar-refractivity contribution in [2.45, 2.75) is 80.5 Å². The fraction of sp³-hybridized carbons (Fsp3) is 0.586. The van der Waals surface area contributed by atoms with Crippen LogP contribution in [0.1, 0.15) is 67.6 Å². The van der Waals surface area contributed by atoms with E-state index < -0.39 is 45.2 Å². The van der Waals surface area contributed by atoms with Gasteiger partial charge in [-0.2, -0.15) is 0 Å². The van der Waals surface area contributed by atoms with Gasteiger partial charge in [0.15, 0.2) is 9.75 Å². The predicted molar refractivity (Wildman–Crippen MR) is 142 cm³/mol. The molecule has 0 bridgehead atoms. The molecule has 2 aliphatic heterocycles. The molecular formula is C29H32Cl2N2O5. The Morgan fingerprint density at radius 2 is 1.55 bits per heavy atom. The number of likely N-dealkylation sites (tertiary alicyclic amines) is 2. The van der Waals surface area contributed by atoms with Crippen molar-refractivity contribution in [1.29, 1.82) is 0 Å². The molecular weight excluding hydrogens is 527 g/mol. The van der Waals surface area contributed by atoms with E-state index >= 15 is 0 Å². The van der Waals surface area contributed by atoms with E-state index in [-0.39, 0.29) is 30.0 Å². The molecule has 1 aromatic carbocycles. The molecule has 9 heteroatoms. The topological polar surface area (TPSA) is 95.0 Å². The zero-order valence-corrected chi connectivity index (χ0v) is 23.3. The van der Waals surface area contributed by atoms with Gasteiger partial charge < -0.3 is 5.11 Å². The van der Waals surface area contributed by atoms with Gasteiger partial charge in [0.05, 0.1) is 11.8 Å². The molecule has 0 radical (unpaired) electrons. The van der Waals surface area contributed by atoms with Crippen LogP contribution in [0.2, 0.25) is 0 Å². The summed E-state index contributed by atoms with van der Waals surface area (Å²) in [5.41, 5.74) is 2.66. The van der Waals surface area contributed by atoms with Gasteiger partial charge in [0.2, 0.25) is 11.8 Å². The summed E-state index contributed by atoms with van der Waals surface area (Å²) in [6, 6.07) is 3.46. The van der Waals surface area contributed by atoms with Gasteiger partial charge in [-0.3, -0.25) is 29.0 Å². The van der Waals surface area contributed by atoms with E-state index in [2.05, 4.69) is 0 Å². The third kappa shape index (κ3) is 3.15. The minimum atomic E-state index is -1.81. The Morgan fingerprint density at radius 1 is 0.921 bits per heavy atom. The first kappa shape index (κ1) is 25.9. The van der Waals surface area contributed by atoms with Crippen LogP contribution < -0.4 is 0 Å². The van der Waals surface area contributed by atoms with Gasteiger partial charge in [0, 0.05) is 19.0 Å². The highest BCUT2D eigenvalue weighted by molar-refractivity contribution is 6.53. The lowest BCUT2D eigenvalue weighted by Crippen LogP contribution is -2.60. The number of hydrogen-bond donors (Lipinski definition) is 1. The molecule has 2 saturated carbocycles. The van der Waals surface area contributed by atoms with Gasteiger partial charge in [-0.05, 0) is 62.1 Å². The number of aryl methyl sites for hydroxylation is 2. The zero-order valence-electron chi connectivity index (χ0n) is 21.8. The quantitative estimate of drug-likeness (QED) is 0.331. The van der Waals surface area contributed by atoms with Crippen molar-refractivity contribution >= 4 is 46.8 Å². The normalized spacial score (nSPS) is 37.3. The van der Waals surface area contributed by atoms with Crippen LogP contribution in [0.15, 0.2) is 23.8 Å². The lowest BCUT2D eigenvalue weighted by atomic mass is 9.56. The maximum Gasteiger partial charge on any atom is 0.253 e. The molecule has 3 aliphatic carbocycles. The van der Waals surface area contributed by atoms with Gasteiger partial charge in [-0.25, -0.2) is 0 Å². The second-order valence-corrected chi connectivity index (χ2v) is 13.1. The number of nitrogens with zero attached hydrogens (tertiary/aromatic N) is 2. The Labute approximate surface area is 232 Å². The average molecular weight is 559 g/mol. The minimum Gasteiger partial charge on any atom is -0.507 e. The fourth-order valence-corrected chi connectivity index (χ4v) is 9.02. The van der Waals surface area contributed by atoms with E-state index in [0.717, 1.165) is 42.6 Å². The molecule has 2 saturated heterocycles. The monoisotopic (exact) mass is 558 g/mol. The molecule has 2 heterocycles. The molecule has 38 heavy (non-hydrogen) atoms. The number of phenolic OH excluding ortho intramolecular Hbond substituents is 1. The Balaban J connectivity index is 1.51. The number of aromatic hydroxyl groups is 1. The lowest BCUT2D eigenvalue weighted by molar-refractivity contribution is -0.144. The largest absolute Gasteiger partial charge is 0.507 e. The summed E-state index contributed by atoms with van der Waals surface area (Å²) in [5.74, 6) is -3.79. The SMILES string of the molecule is Cc1cc(C2C3=CCC4C(=O)N(C5CCCCC5)C(=O)C4C3CC3(Cl)C(=O)N(C)C(=O)C23Cl)cc(C)c1O. The number of benzene rings is 1. The molecule has 0 aromatic heterocycles. The lowest BCUT2D eigenvalue weighted by Gasteiger charge is -2.51. The number of amides is 4. The second-order valence-electron chi connectivity index (χ2n) is 11.8. The molecule has 202 valence electrons. The number of hydrogen-bond acceptors (Lipinski definition) is 5. The van der Waals surface area contributed by atoms with Crippen LogP contribution in [-0.4, -0.2) is 61.4 Å². The number of alkyl halides is 2. The molecule has 6 rings (SSSR count). The second kappa shape index (κ2) is 8.56. The number of carbonyl (C=O) groups excluding carboxylic acids is 4. The Hall–Kier alpha value is -2.38. The summed E-state index contributed by atoms with van der Waals surface area (Å²) in [5, 5.41) is 10.4. The Bertz CT molecular complexity index is 1300. The third-order valence-corrected chi connectivity index (χ3v) is 11.2.